The maximum absolute atomic E-state index is 11.9. The number of ketones is 1. The number of anilines is 1. The first-order valence-electron chi connectivity index (χ1n) is 6.41. The number of hydrogen-bond donors (Lipinski definition) is 1. The summed E-state index contributed by atoms with van der Waals surface area (Å²) in [7, 11) is 0. The number of allylic oxidation sites excluding steroid dienone is 1. The first kappa shape index (κ1) is 13.8. The number of aromatic nitrogens is 1. The largest absolute Gasteiger partial charge is 0.494 e. The van der Waals surface area contributed by atoms with Crippen molar-refractivity contribution in [3.8, 4) is 5.75 Å². The van der Waals surface area contributed by atoms with Gasteiger partial charge in [0.15, 0.2) is 5.78 Å². The molecule has 0 spiro atoms. The van der Waals surface area contributed by atoms with Gasteiger partial charge in [-0.1, -0.05) is 6.07 Å². The fraction of sp³-hybridized carbons (Fsp3) is 0.125. The maximum atomic E-state index is 11.9. The van der Waals surface area contributed by atoms with Gasteiger partial charge in [0.05, 0.1) is 6.61 Å². The fourth-order valence-electron chi connectivity index (χ4n) is 1.63. The Bertz CT molecular complexity index is 577. The van der Waals surface area contributed by atoms with Crippen LogP contribution in [0.5, 0.6) is 5.75 Å². The molecule has 0 atom stereocenters. The highest BCUT2D eigenvalue weighted by atomic mass is 16.5. The summed E-state index contributed by atoms with van der Waals surface area (Å²) in [5.74, 6) is 1.39. The quantitative estimate of drug-likeness (QED) is 0.645. The highest BCUT2D eigenvalue weighted by Crippen LogP contribution is 2.12. The van der Waals surface area contributed by atoms with E-state index in [0.29, 0.717) is 18.0 Å². The Labute approximate surface area is 118 Å². The number of ether oxygens (including phenoxy) is 1. The summed E-state index contributed by atoms with van der Waals surface area (Å²) in [5.41, 5.74) is 0.618. The summed E-state index contributed by atoms with van der Waals surface area (Å²) in [6.45, 7) is 2.53. The Kier molecular flexibility index (Phi) is 4.89. The lowest BCUT2D eigenvalue weighted by Gasteiger charge is -2.03. The number of pyridine rings is 1. The highest BCUT2D eigenvalue weighted by Gasteiger charge is 2.01. The summed E-state index contributed by atoms with van der Waals surface area (Å²) in [6, 6.07) is 12.6. The van der Waals surface area contributed by atoms with Crippen LogP contribution in [-0.2, 0) is 0 Å². The number of hydrogen-bond acceptors (Lipinski definition) is 4. The third-order valence-corrected chi connectivity index (χ3v) is 2.58. The van der Waals surface area contributed by atoms with Crippen molar-refractivity contribution in [1.82, 2.24) is 4.98 Å². The zero-order valence-electron chi connectivity index (χ0n) is 11.2. The van der Waals surface area contributed by atoms with Gasteiger partial charge in [0.25, 0.3) is 0 Å². The lowest BCUT2D eigenvalue weighted by Crippen LogP contribution is -1.97. The van der Waals surface area contributed by atoms with E-state index >= 15 is 0 Å². The van der Waals surface area contributed by atoms with Crippen molar-refractivity contribution in [2.75, 3.05) is 11.9 Å². The van der Waals surface area contributed by atoms with Gasteiger partial charge in [-0.05, 0) is 43.3 Å². The van der Waals surface area contributed by atoms with E-state index in [1.54, 1.807) is 36.7 Å². The molecule has 4 nitrogen and oxygen atoms in total. The molecule has 0 aliphatic carbocycles. The van der Waals surface area contributed by atoms with Crippen LogP contribution >= 0.6 is 0 Å². The average molecular weight is 268 g/mol. The SMILES string of the molecule is CCOc1ccc(C(=O)C=CNc2ccccn2)cc1. The molecule has 1 aromatic carbocycles. The third kappa shape index (κ3) is 3.95. The van der Waals surface area contributed by atoms with Crippen molar-refractivity contribution in [2.45, 2.75) is 6.92 Å². The van der Waals surface area contributed by atoms with E-state index in [0.717, 1.165) is 5.75 Å². The van der Waals surface area contributed by atoms with E-state index in [1.807, 2.05) is 25.1 Å². The Hall–Kier alpha value is -2.62. The van der Waals surface area contributed by atoms with Gasteiger partial charge in [-0.15, -0.1) is 0 Å². The predicted octanol–water partition coefficient (Wildman–Crippen LogP) is 3.29. The minimum Gasteiger partial charge on any atom is -0.494 e. The minimum atomic E-state index is -0.0727. The van der Waals surface area contributed by atoms with E-state index in [-0.39, 0.29) is 5.78 Å². The average Bonchev–Trinajstić information content (AvgIpc) is 2.49. The van der Waals surface area contributed by atoms with Gasteiger partial charge >= 0.3 is 0 Å². The second-order valence-corrected chi connectivity index (χ2v) is 4.01. The van der Waals surface area contributed by atoms with Crippen LogP contribution in [0.15, 0.2) is 60.9 Å². The van der Waals surface area contributed by atoms with Crippen LogP contribution in [0.4, 0.5) is 5.82 Å². The minimum absolute atomic E-state index is 0.0727. The standard InChI is InChI=1S/C16H16N2O2/c1-2-20-14-8-6-13(7-9-14)15(19)10-12-18-16-5-3-4-11-17-16/h3-12H,2H2,1H3,(H,17,18). The van der Waals surface area contributed by atoms with Crippen LogP contribution in [0.25, 0.3) is 0 Å². The summed E-state index contributed by atoms with van der Waals surface area (Å²) < 4.78 is 5.33. The first-order valence-corrected chi connectivity index (χ1v) is 6.41. The molecule has 0 saturated heterocycles. The normalized spacial score (nSPS) is 10.4. The highest BCUT2D eigenvalue weighted by molar-refractivity contribution is 6.04. The summed E-state index contributed by atoms with van der Waals surface area (Å²) in [4.78, 5) is 16.0. The lowest BCUT2D eigenvalue weighted by atomic mass is 10.1. The number of nitrogens with one attached hydrogen (secondary N) is 1. The van der Waals surface area contributed by atoms with Gasteiger partial charge in [0.1, 0.15) is 11.6 Å². The van der Waals surface area contributed by atoms with Gasteiger partial charge < -0.3 is 10.1 Å². The number of carbonyl (C=O) groups excluding carboxylic acids is 1. The molecule has 1 heterocycles. The molecule has 1 aromatic heterocycles. The zero-order valence-corrected chi connectivity index (χ0v) is 11.2. The number of benzene rings is 1. The van der Waals surface area contributed by atoms with Gasteiger partial charge in [-0.2, -0.15) is 0 Å². The van der Waals surface area contributed by atoms with Gasteiger partial charge in [0, 0.05) is 24.0 Å². The van der Waals surface area contributed by atoms with Crippen molar-refractivity contribution in [3.63, 3.8) is 0 Å². The van der Waals surface area contributed by atoms with Gasteiger partial charge in [-0.3, -0.25) is 4.79 Å². The molecule has 2 rings (SSSR count). The molecule has 102 valence electrons. The molecule has 0 radical (unpaired) electrons. The smallest absolute Gasteiger partial charge is 0.187 e. The molecule has 0 bridgehead atoms. The van der Waals surface area contributed by atoms with Crippen LogP contribution in [-0.4, -0.2) is 17.4 Å². The van der Waals surface area contributed by atoms with Crippen molar-refractivity contribution in [1.29, 1.82) is 0 Å². The molecule has 4 heteroatoms. The number of carbonyl (C=O) groups is 1. The summed E-state index contributed by atoms with van der Waals surface area (Å²) >= 11 is 0. The maximum Gasteiger partial charge on any atom is 0.187 e. The van der Waals surface area contributed by atoms with E-state index in [2.05, 4.69) is 10.3 Å². The second kappa shape index (κ2) is 7.09. The molecular weight excluding hydrogens is 252 g/mol. The first-order chi connectivity index (χ1) is 9.79. The van der Waals surface area contributed by atoms with Crippen LogP contribution in [0.2, 0.25) is 0 Å². The summed E-state index contributed by atoms with van der Waals surface area (Å²) in [6.07, 6.45) is 4.75. The van der Waals surface area contributed by atoms with E-state index < -0.39 is 0 Å². The van der Waals surface area contributed by atoms with Crippen molar-refractivity contribution in [3.05, 3.63) is 66.5 Å². The van der Waals surface area contributed by atoms with Crippen molar-refractivity contribution < 1.29 is 9.53 Å². The Morgan fingerprint density at radius 2 is 2.05 bits per heavy atom. The van der Waals surface area contributed by atoms with Gasteiger partial charge in [-0.25, -0.2) is 4.98 Å². The predicted molar refractivity (Wildman–Crippen MR) is 78.9 cm³/mol. The Balaban J connectivity index is 1.94. The van der Waals surface area contributed by atoms with E-state index in [9.17, 15) is 4.79 Å². The van der Waals surface area contributed by atoms with E-state index in [4.69, 9.17) is 4.74 Å². The Morgan fingerprint density at radius 1 is 1.25 bits per heavy atom. The second-order valence-electron chi connectivity index (χ2n) is 4.01. The number of rotatable bonds is 6. The monoisotopic (exact) mass is 268 g/mol. The number of nitrogens with zero attached hydrogens (tertiary/aromatic N) is 1. The molecule has 0 amide bonds. The molecule has 0 fully saturated rings. The van der Waals surface area contributed by atoms with Crippen LogP contribution in [0.3, 0.4) is 0 Å². The third-order valence-electron chi connectivity index (χ3n) is 2.58. The topological polar surface area (TPSA) is 51.2 Å². The molecule has 0 unspecified atom stereocenters. The lowest BCUT2D eigenvalue weighted by molar-refractivity contribution is 0.104. The van der Waals surface area contributed by atoms with Crippen molar-refractivity contribution >= 4 is 11.6 Å². The Morgan fingerprint density at radius 3 is 2.70 bits per heavy atom. The molecule has 0 aliphatic heterocycles. The van der Waals surface area contributed by atoms with E-state index in [1.165, 1.54) is 6.08 Å². The van der Waals surface area contributed by atoms with Crippen LogP contribution < -0.4 is 10.1 Å². The molecule has 1 N–H and O–H groups in total. The molecule has 20 heavy (non-hydrogen) atoms. The molecule has 0 aliphatic rings. The molecule has 2 aromatic rings. The van der Waals surface area contributed by atoms with Crippen LogP contribution in [0, 0.1) is 0 Å². The zero-order chi connectivity index (χ0) is 14.2. The fourth-order valence-corrected chi connectivity index (χ4v) is 1.63. The molecular formula is C16H16N2O2. The van der Waals surface area contributed by atoms with Crippen molar-refractivity contribution in [2.24, 2.45) is 0 Å². The summed E-state index contributed by atoms with van der Waals surface area (Å²) in [5, 5.41) is 2.94. The molecule has 0 saturated carbocycles. The van der Waals surface area contributed by atoms with Crippen LogP contribution in [0.1, 0.15) is 17.3 Å². The van der Waals surface area contributed by atoms with Gasteiger partial charge in [0.2, 0.25) is 0 Å².